The molecule has 110 valence electrons. The van der Waals surface area contributed by atoms with Crippen LogP contribution in [0.15, 0.2) is 48.5 Å². The molecule has 0 amide bonds. The number of carboxylic acids is 1. The minimum Gasteiger partial charge on any atom is -0.497 e. The lowest BCUT2D eigenvalue weighted by Gasteiger charge is -2.13. The molecule has 0 spiro atoms. The average Bonchev–Trinajstić information content (AvgIpc) is 2.49. The number of benzene rings is 2. The zero-order valence-electron chi connectivity index (χ0n) is 12.4. The highest BCUT2D eigenvalue weighted by atomic mass is 16.5. The number of aliphatic carboxylic acids is 1. The number of carbonyl (C=O) groups is 1. The molecule has 0 aromatic heterocycles. The summed E-state index contributed by atoms with van der Waals surface area (Å²) < 4.78 is 5.11. The zero-order chi connectivity index (χ0) is 15.2. The fourth-order valence-electron chi connectivity index (χ4n) is 2.30. The van der Waals surface area contributed by atoms with Crippen molar-refractivity contribution < 1.29 is 14.6 Å². The number of hydrogen-bond donors (Lipinski definition) is 1. The Morgan fingerprint density at radius 2 is 1.48 bits per heavy atom. The molecule has 0 saturated heterocycles. The lowest BCUT2D eigenvalue weighted by Crippen LogP contribution is -2.19. The highest BCUT2D eigenvalue weighted by molar-refractivity contribution is 5.71. The van der Waals surface area contributed by atoms with Crippen molar-refractivity contribution in [2.24, 2.45) is 5.92 Å². The molecule has 2 aromatic rings. The van der Waals surface area contributed by atoms with Crippen molar-refractivity contribution in [1.82, 2.24) is 0 Å². The molecule has 2 rings (SSSR count). The molecular weight excluding hydrogens is 264 g/mol. The molecule has 0 aliphatic carbocycles. The number of hydrogen-bond acceptors (Lipinski definition) is 2. The van der Waals surface area contributed by atoms with E-state index >= 15 is 0 Å². The van der Waals surface area contributed by atoms with Crippen LogP contribution in [0.5, 0.6) is 5.75 Å². The smallest absolute Gasteiger partial charge is 0.307 e. The SMILES string of the molecule is COc1ccc(CC(Cc2ccc(C)cc2)C(=O)O)cc1. The number of aryl methyl sites for hydroxylation is 1. The van der Waals surface area contributed by atoms with E-state index in [9.17, 15) is 9.90 Å². The second-order valence-electron chi connectivity index (χ2n) is 5.28. The van der Waals surface area contributed by atoms with Crippen LogP contribution in [0.2, 0.25) is 0 Å². The number of ether oxygens (including phenoxy) is 1. The van der Waals surface area contributed by atoms with Gasteiger partial charge in [-0.15, -0.1) is 0 Å². The summed E-state index contributed by atoms with van der Waals surface area (Å²) in [6.45, 7) is 2.02. The predicted octanol–water partition coefficient (Wildman–Crippen LogP) is 3.49. The summed E-state index contributed by atoms with van der Waals surface area (Å²) in [4.78, 5) is 11.5. The maximum absolute atomic E-state index is 11.5. The van der Waals surface area contributed by atoms with Crippen LogP contribution in [0.25, 0.3) is 0 Å². The first-order chi connectivity index (χ1) is 10.1. The van der Waals surface area contributed by atoms with E-state index in [0.717, 1.165) is 16.9 Å². The third-order valence-corrected chi connectivity index (χ3v) is 3.59. The van der Waals surface area contributed by atoms with Crippen molar-refractivity contribution in [2.45, 2.75) is 19.8 Å². The van der Waals surface area contributed by atoms with Gasteiger partial charge in [-0.05, 0) is 43.0 Å². The van der Waals surface area contributed by atoms with E-state index in [2.05, 4.69) is 0 Å². The van der Waals surface area contributed by atoms with Crippen molar-refractivity contribution in [2.75, 3.05) is 7.11 Å². The summed E-state index contributed by atoms with van der Waals surface area (Å²) in [5, 5.41) is 9.43. The van der Waals surface area contributed by atoms with Crippen LogP contribution < -0.4 is 4.74 Å². The van der Waals surface area contributed by atoms with Gasteiger partial charge in [-0.25, -0.2) is 0 Å². The molecule has 3 heteroatoms. The highest BCUT2D eigenvalue weighted by Crippen LogP contribution is 2.18. The van der Waals surface area contributed by atoms with E-state index in [1.165, 1.54) is 5.56 Å². The monoisotopic (exact) mass is 284 g/mol. The molecule has 1 N–H and O–H groups in total. The van der Waals surface area contributed by atoms with Crippen LogP contribution in [0, 0.1) is 12.8 Å². The van der Waals surface area contributed by atoms with Gasteiger partial charge in [0.15, 0.2) is 0 Å². The fraction of sp³-hybridized carbons (Fsp3) is 0.278. The van der Waals surface area contributed by atoms with E-state index in [1.807, 2.05) is 55.5 Å². The Balaban J connectivity index is 2.07. The first kappa shape index (κ1) is 15.1. The summed E-state index contributed by atoms with van der Waals surface area (Å²) >= 11 is 0. The van der Waals surface area contributed by atoms with E-state index < -0.39 is 11.9 Å². The van der Waals surface area contributed by atoms with Gasteiger partial charge in [0.1, 0.15) is 5.75 Å². The summed E-state index contributed by atoms with van der Waals surface area (Å²) in [6.07, 6.45) is 1.06. The third kappa shape index (κ3) is 4.35. The van der Waals surface area contributed by atoms with Crippen LogP contribution in [0.4, 0.5) is 0 Å². The maximum Gasteiger partial charge on any atom is 0.307 e. The highest BCUT2D eigenvalue weighted by Gasteiger charge is 2.18. The first-order valence-corrected chi connectivity index (χ1v) is 7.00. The lowest BCUT2D eigenvalue weighted by molar-refractivity contribution is -0.141. The normalized spacial score (nSPS) is 11.9. The quantitative estimate of drug-likeness (QED) is 0.883. The van der Waals surface area contributed by atoms with Crippen molar-refractivity contribution in [3.63, 3.8) is 0 Å². The molecule has 21 heavy (non-hydrogen) atoms. The Morgan fingerprint density at radius 1 is 1.00 bits per heavy atom. The minimum absolute atomic E-state index is 0.416. The molecule has 0 bridgehead atoms. The molecule has 0 saturated carbocycles. The van der Waals surface area contributed by atoms with E-state index in [4.69, 9.17) is 4.74 Å². The molecular formula is C18H20O3. The molecule has 1 unspecified atom stereocenters. The number of rotatable bonds is 6. The standard InChI is InChI=1S/C18H20O3/c1-13-3-5-14(6-4-13)11-16(18(19)20)12-15-7-9-17(21-2)10-8-15/h3-10,16H,11-12H2,1-2H3,(H,19,20). The van der Waals surface area contributed by atoms with E-state index in [-0.39, 0.29) is 0 Å². The summed E-state index contributed by atoms with van der Waals surface area (Å²) in [5.41, 5.74) is 3.25. The largest absolute Gasteiger partial charge is 0.497 e. The second kappa shape index (κ2) is 6.93. The van der Waals surface area contributed by atoms with Crippen molar-refractivity contribution >= 4 is 5.97 Å². The Labute approximate surface area is 125 Å². The van der Waals surface area contributed by atoms with Crippen molar-refractivity contribution in [3.05, 3.63) is 65.2 Å². The Bertz CT molecular complexity index is 585. The first-order valence-electron chi connectivity index (χ1n) is 7.00. The van der Waals surface area contributed by atoms with Crippen molar-refractivity contribution in [3.8, 4) is 5.75 Å². The van der Waals surface area contributed by atoms with Crippen LogP contribution in [0.1, 0.15) is 16.7 Å². The molecule has 0 aliphatic rings. The molecule has 0 radical (unpaired) electrons. The minimum atomic E-state index is -0.758. The van der Waals surface area contributed by atoms with Crippen LogP contribution in [-0.4, -0.2) is 18.2 Å². The lowest BCUT2D eigenvalue weighted by atomic mass is 9.92. The van der Waals surface area contributed by atoms with Gasteiger partial charge in [-0.1, -0.05) is 42.0 Å². The zero-order valence-corrected chi connectivity index (χ0v) is 12.4. The second-order valence-corrected chi connectivity index (χ2v) is 5.28. The summed E-state index contributed by atoms with van der Waals surface area (Å²) in [6, 6.07) is 15.6. The molecule has 0 fully saturated rings. The average molecular weight is 284 g/mol. The Hall–Kier alpha value is -2.29. The Kier molecular flexibility index (Phi) is 4.99. The predicted molar refractivity (Wildman–Crippen MR) is 82.7 cm³/mol. The van der Waals surface area contributed by atoms with Gasteiger partial charge >= 0.3 is 5.97 Å². The van der Waals surface area contributed by atoms with Gasteiger partial charge in [-0.2, -0.15) is 0 Å². The molecule has 2 aromatic carbocycles. The third-order valence-electron chi connectivity index (χ3n) is 3.59. The number of carboxylic acid groups (broad SMARTS) is 1. The van der Waals surface area contributed by atoms with E-state index in [1.54, 1.807) is 7.11 Å². The van der Waals surface area contributed by atoms with Gasteiger partial charge in [0.2, 0.25) is 0 Å². The molecule has 0 aliphatic heterocycles. The van der Waals surface area contributed by atoms with Gasteiger partial charge < -0.3 is 9.84 Å². The number of methoxy groups -OCH3 is 1. The van der Waals surface area contributed by atoms with Crippen LogP contribution >= 0.6 is 0 Å². The maximum atomic E-state index is 11.5. The summed E-state index contributed by atoms with van der Waals surface area (Å²) in [5.74, 6) is -0.392. The van der Waals surface area contributed by atoms with Gasteiger partial charge in [0, 0.05) is 0 Å². The molecule has 0 heterocycles. The van der Waals surface area contributed by atoms with Gasteiger partial charge in [-0.3, -0.25) is 4.79 Å². The Morgan fingerprint density at radius 3 is 1.90 bits per heavy atom. The summed E-state index contributed by atoms with van der Waals surface area (Å²) in [7, 11) is 1.62. The van der Waals surface area contributed by atoms with Crippen molar-refractivity contribution in [1.29, 1.82) is 0 Å². The molecule has 3 nitrogen and oxygen atoms in total. The molecule has 1 atom stereocenters. The fourth-order valence-corrected chi connectivity index (χ4v) is 2.30. The van der Waals surface area contributed by atoms with Gasteiger partial charge in [0.05, 0.1) is 13.0 Å². The van der Waals surface area contributed by atoms with Crippen LogP contribution in [0.3, 0.4) is 0 Å². The van der Waals surface area contributed by atoms with Gasteiger partial charge in [0.25, 0.3) is 0 Å². The van der Waals surface area contributed by atoms with E-state index in [0.29, 0.717) is 12.8 Å². The topological polar surface area (TPSA) is 46.5 Å². The van der Waals surface area contributed by atoms with Crippen LogP contribution in [-0.2, 0) is 17.6 Å².